The van der Waals surface area contributed by atoms with Gasteiger partial charge >= 0.3 is 36.1 Å². The summed E-state index contributed by atoms with van der Waals surface area (Å²) in [5.41, 5.74) is -2.64. The van der Waals surface area contributed by atoms with E-state index in [1.54, 1.807) is 11.6 Å². The maximum Gasteiger partial charge on any atom is 0.416 e. The molecule has 3 aromatic carbocycles. The number of anilines is 1. The molecule has 0 aliphatic rings. The van der Waals surface area contributed by atoms with E-state index in [-0.39, 0.29) is 40.9 Å². The van der Waals surface area contributed by atoms with E-state index in [4.69, 9.17) is 35.7 Å². The summed E-state index contributed by atoms with van der Waals surface area (Å²) in [6.45, 7) is 4.34. The first-order chi connectivity index (χ1) is 26.6. The molecule has 1 unspecified atom stereocenters. The number of urea groups is 1. The molecule has 0 radical (unpaired) electrons. The summed E-state index contributed by atoms with van der Waals surface area (Å²) in [4.78, 5) is 68.4. The minimum Gasteiger partial charge on any atom is -0.478 e. The fourth-order valence-electron chi connectivity index (χ4n) is 4.12. The number of aromatic nitrogens is 3. The number of nitro groups is 1. The van der Waals surface area contributed by atoms with Crippen LogP contribution in [0.1, 0.15) is 46.0 Å². The molecule has 0 aliphatic heterocycles. The van der Waals surface area contributed by atoms with E-state index in [1.807, 2.05) is 22.6 Å². The number of esters is 2. The Balaban J connectivity index is 0.000000310. The van der Waals surface area contributed by atoms with Crippen LogP contribution < -0.4 is 19.5 Å². The maximum absolute atomic E-state index is 12.8. The number of alkyl halides is 3. The van der Waals surface area contributed by atoms with Crippen molar-refractivity contribution >= 4 is 79.8 Å². The first-order valence-corrected chi connectivity index (χ1v) is 18.3. The number of aromatic carboxylic acids is 1. The fourth-order valence-corrected chi connectivity index (χ4v) is 6.18. The Labute approximate surface area is 338 Å². The van der Waals surface area contributed by atoms with Gasteiger partial charge in [0.2, 0.25) is 5.95 Å². The second-order valence-electron chi connectivity index (χ2n) is 10.7. The van der Waals surface area contributed by atoms with Crippen LogP contribution in [0.4, 0.5) is 29.6 Å². The van der Waals surface area contributed by atoms with Gasteiger partial charge < -0.3 is 24.1 Å². The topological polar surface area (TPSA) is 265 Å². The van der Waals surface area contributed by atoms with Crippen LogP contribution in [0.3, 0.4) is 0 Å². The summed E-state index contributed by atoms with van der Waals surface area (Å²) in [6.07, 6.45) is -5.94. The molecule has 1 atom stereocenters. The normalized spacial score (nSPS) is 11.5. The molecule has 1 aromatic heterocycles. The Bertz CT molecular complexity index is 2320. The number of halogens is 5. The quantitative estimate of drug-likeness (QED) is 0.0620. The summed E-state index contributed by atoms with van der Waals surface area (Å²) < 4.78 is 85.0. The van der Waals surface area contributed by atoms with Gasteiger partial charge in [0.1, 0.15) is 27.8 Å². The molecule has 4 rings (SSSR count). The van der Waals surface area contributed by atoms with Crippen LogP contribution in [0.15, 0.2) is 59.5 Å². The molecule has 0 aliphatic carbocycles. The van der Waals surface area contributed by atoms with Crippen molar-refractivity contribution in [3.05, 3.63) is 95.8 Å². The first kappa shape index (κ1) is 45.5. The number of carbonyl (C=O) groups is 4. The Morgan fingerprint density at radius 2 is 1.72 bits per heavy atom. The number of methoxy groups -OCH3 is 1. The van der Waals surface area contributed by atoms with Gasteiger partial charge in [-0.2, -0.15) is 28.1 Å². The third-order valence-corrected chi connectivity index (χ3v) is 8.94. The third kappa shape index (κ3) is 12.8. The molecular weight excluding hydrogens is 928 g/mol. The smallest absolute Gasteiger partial charge is 0.416 e. The number of sulfonamides is 1. The number of ether oxygens (including phenoxy) is 4. The number of nitro benzene ring substituents is 1. The molecule has 0 saturated carbocycles. The van der Waals surface area contributed by atoms with E-state index in [9.17, 15) is 50.9 Å². The molecule has 19 nitrogen and oxygen atoms in total. The fraction of sp³-hybridized carbons (Fsp3) is 0.219. The van der Waals surface area contributed by atoms with E-state index in [0.29, 0.717) is 9.64 Å². The molecule has 2 amide bonds. The van der Waals surface area contributed by atoms with Crippen molar-refractivity contribution < 1.29 is 69.7 Å². The number of hydrogen-bond acceptors (Lipinski definition) is 15. The van der Waals surface area contributed by atoms with Crippen molar-refractivity contribution in [2.24, 2.45) is 0 Å². The highest BCUT2D eigenvalue weighted by molar-refractivity contribution is 14.1. The Morgan fingerprint density at radius 3 is 2.30 bits per heavy atom. The van der Waals surface area contributed by atoms with Crippen LogP contribution in [0.5, 0.6) is 17.5 Å². The second kappa shape index (κ2) is 19.3. The van der Waals surface area contributed by atoms with Crippen LogP contribution >= 0.6 is 34.2 Å². The Hall–Kier alpha value is -5.89. The largest absolute Gasteiger partial charge is 0.478 e. The average molecular weight is 955 g/mol. The molecule has 0 saturated heterocycles. The molecule has 57 heavy (non-hydrogen) atoms. The molecule has 0 spiro atoms. The molecule has 304 valence electrons. The SMILES string of the molecule is CCOC(=O)C(C)OC(=O)c1cc(Oc2ccc(C(F)(F)F)cc2Cl)ccc1[N+](=O)[O-].COc1nc(C)nc(NC(=O)NS(=O)(=O)c2cc(I)ccc2C(=O)O)n1. The van der Waals surface area contributed by atoms with Gasteiger partial charge in [-0.05, 0) is 85.8 Å². The third-order valence-electron chi connectivity index (χ3n) is 6.60. The minimum atomic E-state index is -4.61. The van der Waals surface area contributed by atoms with Crippen molar-refractivity contribution in [2.75, 3.05) is 19.0 Å². The molecule has 1 heterocycles. The predicted molar refractivity (Wildman–Crippen MR) is 198 cm³/mol. The van der Waals surface area contributed by atoms with E-state index in [2.05, 4.69) is 20.3 Å². The van der Waals surface area contributed by atoms with E-state index >= 15 is 0 Å². The van der Waals surface area contributed by atoms with Crippen molar-refractivity contribution in [1.29, 1.82) is 0 Å². The highest BCUT2D eigenvalue weighted by Crippen LogP contribution is 2.37. The van der Waals surface area contributed by atoms with Crippen molar-refractivity contribution in [3.63, 3.8) is 0 Å². The van der Waals surface area contributed by atoms with Gasteiger partial charge in [-0.1, -0.05) is 11.6 Å². The summed E-state index contributed by atoms with van der Waals surface area (Å²) in [6, 6.07) is 7.84. The van der Waals surface area contributed by atoms with E-state index < -0.39 is 78.4 Å². The van der Waals surface area contributed by atoms with Gasteiger partial charge in [0.25, 0.3) is 15.7 Å². The van der Waals surface area contributed by atoms with Crippen LogP contribution in [0.2, 0.25) is 5.02 Å². The number of carboxylic acid groups (broad SMARTS) is 1. The summed E-state index contributed by atoms with van der Waals surface area (Å²) >= 11 is 7.65. The van der Waals surface area contributed by atoms with Gasteiger partial charge in [0.05, 0.1) is 34.8 Å². The van der Waals surface area contributed by atoms with Gasteiger partial charge in [-0.15, -0.1) is 0 Å². The lowest BCUT2D eigenvalue weighted by Gasteiger charge is -2.13. The van der Waals surface area contributed by atoms with E-state index in [0.717, 1.165) is 42.5 Å². The Kier molecular flexibility index (Phi) is 15.4. The number of nitrogens with one attached hydrogen (secondary N) is 2. The zero-order chi connectivity index (χ0) is 42.8. The van der Waals surface area contributed by atoms with Crippen molar-refractivity contribution in [1.82, 2.24) is 19.7 Å². The highest BCUT2D eigenvalue weighted by atomic mass is 127. The number of rotatable bonds is 12. The van der Waals surface area contributed by atoms with Crippen LogP contribution in [0, 0.1) is 20.6 Å². The molecule has 3 N–H and O–H groups in total. The van der Waals surface area contributed by atoms with Crippen LogP contribution in [0.25, 0.3) is 0 Å². The van der Waals surface area contributed by atoms with Crippen LogP contribution in [-0.2, 0) is 30.5 Å². The second-order valence-corrected chi connectivity index (χ2v) is 14.0. The standard InChI is InChI=1S/C19H15ClF3NO7.C13H12IN5O6S/c1-3-29-17(25)10(2)30-18(26)13-9-12(5-6-15(13)24(27)28)31-16-7-4-11(8-14(16)20)19(21,22)23;1-6-15-11(18-13(16-6)25-2)17-12(22)19-26(23,24)9-5-7(14)3-4-8(9)10(20)21/h4-10H,3H2,1-2H3;3-5H,1-2H3,(H,20,21)(H2,15,16,17,18,19,22). The number of hydrogen-bond donors (Lipinski definition) is 3. The van der Waals surface area contributed by atoms with E-state index in [1.165, 1.54) is 27.0 Å². The lowest BCUT2D eigenvalue weighted by Crippen LogP contribution is -2.35. The van der Waals surface area contributed by atoms with Gasteiger partial charge in [-0.25, -0.2) is 32.3 Å². The Morgan fingerprint density at radius 1 is 1.04 bits per heavy atom. The molecule has 25 heteroatoms. The monoisotopic (exact) mass is 954 g/mol. The van der Waals surface area contributed by atoms with Gasteiger partial charge in [-0.3, -0.25) is 15.4 Å². The number of benzene rings is 3. The lowest BCUT2D eigenvalue weighted by atomic mass is 10.1. The average Bonchev–Trinajstić information content (AvgIpc) is 3.11. The number of amides is 2. The zero-order valence-corrected chi connectivity index (χ0v) is 33.1. The molecule has 0 fully saturated rings. The number of nitrogens with zero attached hydrogens (tertiary/aromatic N) is 4. The molecular formula is C32H27ClF3IN6O13S. The number of aryl methyl sites for hydroxylation is 1. The predicted octanol–water partition coefficient (Wildman–Crippen LogP) is 6.17. The van der Waals surface area contributed by atoms with Crippen molar-refractivity contribution in [2.45, 2.75) is 37.9 Å². The minimum absolute atomic E-state index is 0.0398. The first-order valence-electron chi connectivity index (χ1n) is 15.4. The number of carboxylic acids is 1. The maximum atomic E-state index is 12.8. The lowest BCUT2D eigenvalue weighted by molar-refractivity contribution is -0.385. The molecule has 0 bridgehead atoms. The van der Waals surface area contributed by atoms with Gasteiger partial charge in [0, 0.05) is 15.7 Å². The number of carbonyl (C=O) groups excluding carboxylic acids is 3. The summed E-state index contributed by atoms with van der Waals surface area (Å²) in [5.74, 6) is -3.80. The summed E-state index contributed by atoms with van der Waals surface area (Å²) in [5, 5.41) is 22.1. The summed E-state index contributed by atoms with van der Waals surface area (Å²) in [7, 11) is -3.14. The molecule has 4 aromatic rings. The van der Waals surface area contributed by atoms with Crippen LogP contribution in [-0.4, -0.2) is 77.2 Å². The highest BCUT2D eigenvalue weighted by Gasteiger charge is 2.32. The van der Waals surface area contributed by atoms with Crippen molar-refractivity contribution in [3.8, 4) is 17.5 Å². The van der Waals surface area contributed by atoms with Gasteiger partial charge in [0.15, 0.2) is 6.10 Å². The zero-order valence-electron chi connectivity index (χ0n) is 29.4.